The lowest BCUT2D eigenvalue weighted by atomic mass is 9.93. The fourth-order valence-electron chi connectivity index (χ4n) is 11.4. The van der Waals surface area contributed by atoms with E-state index in [1.54, 1.807) is 0 Å². The van der Waals surface area contributed by atoms with E-state index in [4.69, 9.17) is 0 Å². The Kier molecular flexibility index (Phi) is 5.41. The number of fused-ring (bicyclic) bond motifs is 19. The summed E-state index contributed by atoms with van der Waals surface area (Å²) in [5.74, 6) is 0. The number of aromatic nitrogens is 3. The number of rotatable bonds is 2. The molecule has 0 N–H and O–H groups in total. The molecular formula is C56H31N3. The highest BCUT2D eigenvalue weighted by atomic mass is 15.0. The average molecular weight is 746 g/mol. The van der Waals surface area contributed by atoms with Gasteiger partial charge in [-0.1, -0.05) is 140 Å². The molecule has 0 saturated carbocycles. The Morgan fingerprint density at radius 1 is 0.271 bits per heavy atom. The molecule has 5 aromatic heterocycles. The van der Waals surface area contributed by atoms with Gasteiger partial charge in [0.15, 0.2) is 0 Å². The Morgan fingerprint density at radius 3 is 1.59 bits per heavy atom. The zero-order chi connectivity index (χ0) is 38.1. The van der Waals surface area contributed by atoms with Crippen LogP contribution in [-0.2, 0) is 0 Å². The van der Waals surface area contributed by atoms with E-state index in [9.17, 15) is 0 Å². The van der Waals surface area contributed by atoms with Crippen LogP contribution in [0.4, 0.5) is 0 Å². The number of nitrogens with zero attached hydrogens (tertiary/aromatic N) is 3. The van der Waals surface area contributed by atoms with Crippen LogP contribution in [0.1, 0.15) is 0 Å². The summed E-state index contributed by atoms with van der Waals surface area (Å²) in [4.78, 5) is 0. The first kappa shape index (κ1) is 30.3. The maximum absolute atomic E-state index is 2.61. The third kappa shape index (κ3) is 3.58. The van der Waals surface area contributed by atoms with Gasteiger partial charge in [-0.2, -0.15) is 0 Å². The molecule has 0 unspecified atom stereocenters. The second-order valence-electron chi connectivity index (χ2n) is 16.4. The van der Waals surface area contributed by atoms with Crippen molar-refractivity contribution < 1.29 is 0 Å². The van der Waals surface area contributed by atoms with Crippen molar-refractivity contribution in [3.05, 3.63) is 188 Å². The molecule has 15 aromatic rings. The van der Waals surface area contributed by atoms with Crippen LogP contribution in [0.3, 0.4) is 0 Å². The van der Waals surface area contributed by atoms with Gasteiger partial charge in [0.2, 0.25) is 0 Å². The van der Waals surface area contributed by atoms with Gasteiger partial charge in [-0.05, 0) is 70.3 Å². The summed E-state index contributed by atoms with van der Waals surface area (Å²) in [7, 11) is 0. The fourth-order valence-corrected chi connectivity index (χ4v) is 11.4. The Balaban J connectivity index is 1.12. The number of hydrogen-bond acceptors (Lipinski definition) is 0. The molecule has 0 fully saturated rings. The Hall–Kier alpha value is -7.88. The van der Waals surface area contributed by atoms with Crippen molar-refractivity contribution in [2.75, 3.05) is 0 Å². The highest BCUT2D eigenvalue weighted by Crippen LogP contribution is 2.50. The minimum absolute atomic E-state index is 1.17. The molecule has 0 aliphatic rings. The van der Waals surface area contributed by atoms with Gasteiger partial charge in [0.25, 0.3) is 0 Å². The van der Waals surface area contributed by atoms with E-state index in [0.717, 1.165) is 0 Å². The van der Waals surface area contributed by atoms with Gasteiger partial charge in [0.05, 0.1) is 44.1 Å². The minimum Gasteiger partial charge on any atom is -0.309 e. The van der Waals surface area contributed by atoms with Crippen LogP contribution >= 0.6 is 0 Å². The molecule has 0 amide bonds. The van der Waals surface area contributed by atoms with Crippen molar-refractivity contribution in [3.63, 3.8) is 0 Å². The molecule has 270 valence electrons. The third-order valence-corrected chi connectivity index (χ3v) is 13.6. The van der Waals surface area contributed by atoms with Crippen molar-refractivity contribution in [1.29, 1.82) is 0 Å². The lowest BCUT2D eigenvalue weighted by Crippen LogP contribution is -1.93. The first-order valence-electron chi connectivity index (χ1n) is 20.5. The van der Waals surface area contributed by atoms with Gasteiger partial charge >= 0.3 is 0 Å². The summed E-state index contributed by atoms with van der Waals surface area (Å²) in [5, 5.41) is 18.1. The lowest BCUT2D eigenvalue weighted by molar-refractivity contribution is 1.18. The number of hydrogen-bond donors (Lipinski definition) is 0. The Labute approximate surface area is 336 Å². The van der Waals surface area contributed by atoms with Crippen LogP contribution in [-0.4, -0.2) is 13.4 Å². The molecule has 0 atom stereocenters. The van der Waals surface area contributed by atoms with E-state index in [1.807, 2.05) is 0 Å². The summed E-state index contributed by atoms with van der Waals surface area (Å²) < 4.78 is 7.57. The van der Waals surface area contributed by atoms with Crippen LogP contribution in [0.25, 0.3) is 136 Å². The normalized spacial score (nSPS) is 12.7. The molecule has 59 heavy (non-hydrogen) atoms. The highest BCUT2D eigenvalue weighted by Gasteiger charge is 2.26. The van der Waals surface area contributed by atoms with Crippen molar-refractivity contribution in [3.8, 4) is 16.8 Å². The summed E-state index contributed by atoms with van der Waals surface area (Å²) >= 11 is 0. The largest absolute Gasteiger partial charge is 0.309 e. The van der Waals surface area contributed by atoms with Gasteiger partial charge in [-0.15, -0.1) is 0 Å². The standard InChI is InChI=1S/C56H31N3/c1-2-14-35(15-3-1)57-46-23-9-8-18-38(46)44-31-34(25-27-47(44)57)50-36-16-6-5-13-33(36)30-45-40-20-11-22-43-52-49(59(55(40)43)56(45)50)29-28-48-51(52)42-21-10-19-39-41-26-24-32-12-4-7-17-37(32)53(41)58(48)54(39)42/h1-31H. The number of para-hydroxylation sites is 4. The van der Waals surface area contributed by atoms with Crippen molar-refractivity contribution in [2.24, 2.45) is 0 Å². The fraction of sp³-hybridized carbons (Fsp3) is 0. The molecule has 15 rings (SSSR count). The van der Waals surface area contributed by atoms with Crippen molar-refractivity contribution in [1.82, 2.24) is 13.4 Å². The van der Waals surface area contributed by atoms with Crippen molar-refractivity contribution >= 4 is 120 Å². The zero-order valence-corrected chi connectivity index (χ0v) is 31.7. The molecule has 0 bridgehead atoms. The van der Waals surface area contributed by atoms with E-state index >= 15 is 0 Å². The quantitative estimate of drug-likeness (QED) is 0.167. The number of benzene rings is 10. The van der Waals surface area contributed by atoms with Crippen LogP contribution in [0.5, 0.6) is 0 Å². The summed E-state index contributed by atoms with van der Waals surface area (Å²) in [6, 6.07) is 70.2. The molecule has 3 heteroatoms. The Bertz CT molecular complexity index is 4290. The van der Waals surface area contributed by atoms with E-state index in [0.29, 0.717) is 0 Å². The monoisotopic (exact) mass is 745 g/mol. The van der Waals surface area contributed by atoms with Gasteiger partial charge in [-0.25, -0.2) is 0 Å². The summed E-state index contributed by atoms with van der Waals surface area (Å²) in [5.41, 5.74) is 13.8. The van der Waals surface area contributed by atoms with E-state index < -0.39 is 0 Å². The van der Waals surface area contributed by atoms with E-state index in [2.05, 4.69) is 201 Å². The third-order valence-electron chi connectivity index (χ3n) is 13.6. The summed E-state index contributed by atoms with van der Waals surface area (Å²) in [6.45, 7) is 0. The molecule has 0 saturated heterocycles. The maximum atomic E-state index is 2.61. The first-order valence-corrected chi connectivity index (χ1v) is 20.5. The molecule has 0 spiro atoms. The molecule has 3 nitrogen and oxygen atoms in total. The predicted molar refractivity (Wildman–Crippen MR) is 251 cm³/mol. The smallest absolute Gasteiger partial charge is 0.0626 e. The van der Waals surface area contributed by atoms with Gasteiger partial charge in [0.1, 0.15) is 0 Å². The SMILES string of the molecule is c1ccc(-n2c3ccccc3c3cc(-c4c5ccccc5cc5c6cccc7c8c9c%10cccc%11c%12ccc%13ccccc%13c%12n(c9ccc8n(c45)c67)c%11%10)ccc32)cc1. The second-order valence-corrected chi connectivity index (χ2v) is 16.4. The van der Waals surface area contributed by atoms with Crippen molar-refractivity contribution in [2.45, 2.75) is 0 Å². The van der Waals surface area contributed by atoms with Crippen LogP contribution in [0.15, 0.2) is 188 Å². The van der Waals surface area contributed by atoms with Crippen LogP contribution < -0.4 is 0 Å². The van der Waals surface area contributed by atoms with Gasteiger partial charge in [-0.3, -0.25) is 0 Å². The highest BCUT2D eigenvalue weighted by molar-refractivity contribution is 6.37. The lowest BCUT2D eigenvalue weighted by Gasteiger charge is -2.13. The molecule has 5 heterocycles. The maximum Gasteiger partial charge on any atom is 0.0626 e. The van der Waals surface area contributed by atoms with Gasteiger partial charge < -0.3 is 13.4 Å². The van der Waals surface area contributed by atoms with Crippen LogP contribution in [0.2, 0.25) is 0 Å². The second kappa shape index (κ2) is 10.5. The molecule has 0 radical (unpaired) electrons. The summed E-state index contributed by atoms with van der Waals surface area (Å²) in [6.07, 6.45) is 0. The zero-order valence-electron chi connectivity index (χ0n) is 31.7. The minimum atomic E-state index is 1.17. The molecule has 0 aliphatic carbocycles. The van der Waals surface area contributed by atoms with E-state index in [-0.39, 0.29) is 0 Å². The van der Waals surface area contributed by atoms with Gasteiger partial charge in [0, 0.05) is 70.5 Å². The van der Waals surface area contributed by atoms with Crippen LogP contribution in [0, 0.1) is 0 Å². The topological polar surface area (TPSA) is 13.8 Å². The molecule has 0 aliphatic heterocycles. The molecular weight excluding hydrogens is 715 g/mol. The molecule has 10 aromatic carbocycles. The predicted octanol–water partition coefficient (Wildman–Crippen LogP) is 15.1. The average Bonchev–Trinajstić information content (AvgIpc) is 4.09. The Morgan fingerprint density at radius 2 is 0.814 bits per heavy atom. The van der Waals surface area contributed by atoms with E-state index in [1.165, 1.54) is 136 Å². The first-order chi connectivity index (χ1) is 29.3.